The number of esters is 1. The Hall–Kier alpha value is -2.18. The number of nitrogen functional groups attached to an aromatic ring is 1. The molecule has 2 atom stereocenters. The molecule has 0 amide bonds. The van der Waals surface area contributed by atoms with Crippen LogP contribution in [0.3, 0.4) is 0 Å². The highest BCUT2D eigenvalue weighted by atomic mass is 32.2. The van der Waals surface area contributed by atoms with Crippen LogP contribution >= 0.6 is 11.8 Å². The third-order valence-electron chi connectivity index (χ3n) is 3.71. The number of rotatable bonds is 6. The summed E-state index contributed by atoms with van der Waals surface area (Å²) in [7, 11) is 2.83. The summed E-state index contributed by atoms with van der Waals surface area (Å²) in [6.45, 7) is 1.92. The fourth-order valence-electron chi connectivity index (χ4n) is 2.25. The standard InChI is InChI=1S/C18H21NO4S/c1-11-5-4-6-14(15(11)19)24-17(16(20)18(21)23-3)12-7-9-13(22-2)10-8-12/h4-10,16-17,20H,19H2,1-3H3/t16-,17-/m1/s1. The van der Waals surface area contributed by atoms with Crippen LogP contribution in [0.1, 0.15) is 16.4 Å². The topological polar surface area (TPSA) is 81.8 Å². The van der Waals surface area contributed by atoms with Crippen LogP contribution in [0.25, 0.3) is 0 Å². The number of ether oxygens (including phenoxy) is 2. The van der Waals surface area contributed by atoms with Gasteiger partial charge in [-0.15, -0.1) is 11.8 Å². The minimum Gasteiger partial charge on any atom is -0.497 e. The maximum atomic E-state index is 11.9. The van der Waals surface area contributed by atoms with Gasteiger partial charge >= 0.3 is 5.97 Å². The lowest BCUT2D eigenvalue weighted by atomic mass is 10.1. The van der Waals surface area contributed by atoms with E-state index in [0.29, 0.717) is 11.4 Å². The van der Waals surface area contributed by atoms with E-state index in [1.54, 1.807) is 19.2 Å². The molecular formula is C18H21NO4S. The van der Waals surface area contributed by atoms with Crippen LogP contribution in [0.15, 0.2) is 47.4 Å². The Labute approximate surface area is 145 Å². The number of aliphatic hydroxyl groups is 1. The highest BCUT2D eigenvalue weighted by Gasteiger charge is 2.30. The van der Waals surface area contributed by atoms with Crippen LogP contribution in [0.4, 0.5) is 5.69 Å². The van der Waals surface area contributed by atoms with E-state index in [4.69, 9.17) is 15.2 Å². The molecule has 6 heteroatoms. The van der Waals surface area contributed by atoms with Gasteiger partial charge in [0, 0.05) is 10.6 Å². The summed E-state index contributed by atoms with van der Waals surface area (Å²) < 4.78 is 9.84. The SMILES string of the molecule is COC(=O)[C@H](O)[C@H](Sc1cccc(C)c1N)c1ccc(OC)cc1. The minimum absolute atomic E-state index is 0.549. The van der Waals surface area contributed by atoms with E-state index in [1.165, 1.54) is 18.9 Å². The fraction of sp³-hybridized carbons (Fsp3) is 0.278. The lowest BCUT2D eigenvalue weighted by Crippen LogP contribution is -2.27. The van der Waals surface area contributed by atoms with E-state index in [9.17, 15) is 9.90 Å². The van der Waals surface area contributed by atoms with Gasteiger partial charge in [-0.05, 0) is 36.2 Å². The zero-order chi connectivity index (χ0) is 17.7. The Kier molecular flexibility index (Phi) is 6.11. The molecule has 0 aliphatic heterocycles. The number of hydrogen-bond donors (Lipinski definition) is 2. The van der Waals surface area contributed by atoms with E-state index in [-0.39, 0.29) is 0 Å². The largest absolute Gasteiger partial charge is 0.497 e. The Morgan fingerprint density at radius 3 is 2.42 bits per heavy atom. The van der Waals surface area contributed by atoms with Crippen LogP contribution in [0, 0.1) is 6.92 Å². The molecule has 0 aromatic heterocycles. The summed E-state index contributed by atoms with van der Waals surface area (Å²) in [6, 6.07) is 12.9. The number of aryl methyl sites for hydroxylation is 1. The van der Waals surface area contributed by atoms with Gasteiger partial charge in [-0.25, -0.2) is 4.79 Å². The van der Waals surface area contributed by atoms with Gasteiger partial charge < -0.3 is 20.3 Å². The molecule has 0 bridgehead atoms. The number of anilines is 1. The van der Waals surface area contributed by atoms with Gasteiger partial charge in [0.05, 0.1) is 19.5 Å². The monoisotopic (exact) mass is 347 g/mol. The highest BCUT2D eigenvalue weighted by molar-refractivity contribution is 7.99. The number of carbonyl (C=O) groups is 1. The van der Waals surface area contributed by atoms with Crippen LogP contribution in [-0.2, 0) is 9.53 Å². The van der Waals surface area contributed by atoms with Gasteiger partial charge in [0.1, 0.15) is 5.75 Å². The summed E-state index contributed by atoms with van der Waals surface area (Å²) >= 11 is 1.33. The first-order chi connectivity index (χ1) is 11.5. The summed E-state index contributed by atoms with van der Waals surface area (Å²) in [4.78, 5) is 12.7. The molecule has 0 aliphatic rings. The van der Waals surface area contributed by atoms with Crippen molar-refractivity contribution >= 4 is 23.4 Å². The molecule has 5 nitrogen and oxygen atoms in total. The predicted molar refractivity (Wildman–Crippen MR) is 95.2 cm³/mol. The van der Waals surface area contributed by atoms with E-state index in [1.807, 2.05) is 37.3 Å². The predicted octanol–water partition coefficient (Wildman–Crippen LogP) is 2.95. The Morgan fingerprint density at radius 1 is 1.17 bits per heavy atom. The lowest BCUT2D eigenvalue weighted by Gasteiger charge is -2.22. The zero-order valence-corrected chi connectivity index (χ0v) is 14.7. The maximum absolute atomic E-state index is 11.9. The molecule has 24 heavy (non-hydrogen) atoms. The molecule has 2 aromatic rings. The smallest absolute Gasteiger partial charge is 0.336 e. The Balaban J connectivity index is 2.38. The molecule has 0 heterocycles. The number of benzene rings is 2. The van der Waals surface area contributed by atoms with Gasteiger partial charge in [0.15, 0.2) is 6.10 Å². The quantitative estimate of drug-likeness (QED) is 0.475. The van der Waals surface area contributed by atoms with Crippen molar-refractivity contribution in [2.75, 3.05) is 20.0 Å². The van der Waals surface area contributed by atoms with Crippen molar-refractivity contribution in [1.82, 2.24) is 0 Å². The van der Waals surface area contributed by atoms with E-state index in [0.717, 1.165) is 16.0 Å². The van der Waals surface area contributed by atoms with Gasteiger partial charge in [0.25, 0.3) is 0 Å². The van der Waals surface area contributed by atoms with Crippen molar-refractivity contribution in [1.29, 1.82) is 0 Å². The summed E-state index contributed by atoms with van der Waals surface area (Å²) in [6.07, 6.45) is -1.31. The number of methoxy groups -OCH3 is 2. The van der Waals surface area contributed by atoms with Crippen molar-refractivity contribution in [2.24, 2.45) is 0 Å². The van der Waals surface area contributed by atoms with Crippen LogP contribution in [0.2, 0.25) is 0 Å². The number of thioether (sulfide) groups is 1. The number of para-hydroxylation sites is 1. The second kappa shape index (κ2) is 8.08. The van der Waals surface area contributed by atoms with E-state index in [2.05, 4.69) is 0 Å². The van der Waals surface area contributed by atoms with Crippen molar-refractivity contribution < 1.29 is 19.4 Å². The van der Waals surface area contributed by atoms with E-state index >= 15 is 0 Å². The second-order valence-electron chi connectivity index (χ2n) is 5.27. The first-order valence-electron chi connectivity index (χ1n) is 7.39. The molecule has 0 radical (unpaired) electrons. The van der Waals surface area contributed by atoms with Crippen molar-refractivity contribution in [2.45, 2.75) is 23.2 Å². The second-order valence-corrected chi connectivity index (χ2v) is 6.45. The molecule has 0 aliphatic carbocycles. The molecule has 0 saturated carbocycles. The first-order valence-corrected chi connectivity index (χ1v) is 8.27. The van der Waals surface area contributed by atoms with Crippen LogP contribution < -0.4 is 10.5 Å². The van der Waals surface area contributed by atoms with Crippen molar-refractivity contribution in [3.05, 3.63) is 53.6 Å². The number of aliphatic hydroxyl groups excluding tert-OH is 1. The average Bonchev–Trinajstić information content (AvgIpc) is 2.62. The van der Waals surface area contributed by atoms with E-state index < -0.39 is 17.3 Å². The van der Waals surface area contributed by atoms with Gasteiger partial charge in [-0.3, -0.25) is 0 Å². The highest BCUT2D eigenvalue weighted by Crippen LogP contribution is 2.41. The molecule has 3 N–H and O–H groups in total. The summed E-state index contributed by atoms with van der Waals surface area (Å²) in [5, 5.41) is 9.86. The molecule has 0 spiro atoms. The van der Waals surface area contributed by atoms with Crippen molar-refractivity contribution in [3.8, 4) is 5.75 Å². The molecule has 0 fully saturated rings. The van der Waals surface area contributed by atoms with Crippen LogP contribution in [0.5, 0.6) is 5.75 Å². The summed E-state index contributed by atoms with van der Waals surface area (Å²) in [5.74, 6) is 0.0136. The third kappa shape index (κ3) is 4.01. The molecule has 2 aromatic carbocycles. The number of carbonyl (C=O) groups excluding carboxylic acids is 1. The molecule has 2 rings (SSSR count). The molecule has 0 saturated heterocycles. The fourth-order valence-corrected chi connectivity index (χ4v) is 3.50. The zero-order valence-electron chi connectivity index (χ0n) is 13.9. The average molecular weight is 347 g/mol. The minimum atomic E-state index is -1.31. The third-order valence-corrected chi connectivity index (χ3v) is 5.11. The first kappa shape index (κ1) is 18.2. The Morgan fingerprint density at radius 2 is 1.83 bits per heavy atom. The normalized spacial score (nSPS) is 13.2. The van der Waals surface area contributed by atoms with Gasteiger partial charge in [-0.1, -0.05) is 24.3 Å². The Bertz CT molecular complexity index is 703. The van der Waals surface area contributed by atoms with Gasteiger partial charge in [0.2, 0.25) is 0 Å². The number of hydrogen-bond acceptors (Lipinski definition) is 6. The summed E-state index contributed by atoms with van der Waals surface area (Å²) in [5.41, 5.74) is 8.48. The molecule has 0 unspecified atom stereocenters. The van der Waals surface area contributed by atoms with Crippen LogP contribution in [-0.4, -0.2) is 31.4 Å². The number of nitrogens with two attached hydrogens (primary N) is 1. The molecular weight excluding hydrogens is 326 g/mol. The maximum Gasteiger partial charge on any atom is 0.336 e. The van der Waals surface area contributed by atoms with Crippen molar-refractivity contribution in [3.63, 3.8) is 0 Å². The van der Waals surface area contributed by atoms with Gasteiger partial charge in [-0.2, -0.15) is 0 Å². The molecule has 128 valence electrons. The lowest BCUT2D eigenvalue weighted by molar-refractivity contribution is -0.150.